The van der Waals surface area contributed by atoms with Gasteiger partial charge in [-0.25, -0.2) is 13.4 Å². The van der Waals surface area contributed by atoms with Crippen molar-refractivity contribution in [3.8, 4) is 0 Å². The van der Waals surface area contributed by atoms with Crippen molar-refractivity contribution in [3.05, 3.63) is 88.4 Å². The lowest BCUT2D eigenvalue weighted by Crippen LogP contribution is -2.30. The van der Waals surface area contributed by atoms with Crippen molar-refractivity contribution in [2.24, 2.45) is 0 Å². The van der Waals surface area contributed by atoms with Crippen molar-refractivity contribution in [2.45, 2.75) is 38.1 Å². The second-order valence-corrected chi connectivity index (χ2v) is 11.8. The van der Waals surface area contributed by atoms with Crippen molar-refractivity contribution >= 4 is 54.0 Å². The number of rotatable bonds is 8. The summed E-state index contributed by atoms with van der Waals surface area (Å²) in [5.74, 6) is -0.263. The van der Waals surface area contributed by atoms with Gasteiger partial charge < -0.3 is 0 Å². The van der Waals surface area contributed by atoms with E-state index in [0.717, 1.165) is 26.9 Å². The zero-order valence-electron chi connectivity index (χ0n) is 19.0. The lowest BCUT2D eigenvalue weighted by Gasteiger charge is -2.20. The molecular formula is C26H25ClN2O3S2. The number of thiazole rings is 1. The van der Waals surface area contributed by atoms with E-state index in [1.807, 2.05) is 50.2 Å². The van der Waals surface area contributed by atoms with E-state index >= 15 is 0 Å². The predicted octanol–water partition coefficient (Wildman–Crippen LogP) is 6.35. The number of aromatic nitrogens is 1. The lowest BCUT2D eigenvalue weighted by atomic mass is 10.1. The molecule has 0 saturated heterocycles. The Labute approximate surface area is 208 Å². The predicted molar refractivity (Wildman–Crippen MR) is 139 cm³/mol. The van der Waals surface area contributed by atoms with E-state index in [-0.39, 0.29) is 29.4 Å². The van der Waals surface area contributed by atoms with Gasteiger partial charge in [0, 0.05) is 11.4 Å². The average Bonchev–Trinajstić information content (AvgIpc) is 3.22. The van der Waals surface area contributed by atoms with Crippen molar-refractivity contribution in [1.29, 1.82) is 0 Å². The van der Waals surface area contributed by atoms with Gasteiger partial charge in [-0.3, -0.25) is 9.69 Å². The highest BCUT2D eigenvalue weighted by molar-refractivity contribution is 7.91. The smallest absolute Gasteiger partial charge is 0.229 e. The van der Waals surface area contributed by atoms with Gasteiger partial charge in [-0.05, 0) is 67.3 Å². The van der Waals surface area contributed by atoms with Crippen molar-refractivity contribution in [2.75, 3.05) is 10.7 Å². The molecule has 0 bridgehead atoms. The van der Waals surface area contributed by atoms with Gasteiger partial charge in [0.1, 0.15) is 0 Å². The van der Waals surface area contributed by atoms with E-state index in [2.05, 4.69) is 6.07 Å². The molecule has 1 aromatic heterocycles. The molecule has 34 heavy (non-hydrogen) atoms. The molecule has 0 unspecified atom stereocenters. The molecule has 0 aliphatic heterocycles. The number of benzene rings is 3. The molecule has 0 spiro atoms. The van der Waals surface area contributed by atoms with Gasteiger partial charge in [0.05, 0.1) is 27.4 Å². The summed E-state index contributed by atoms with van der Waals surface area (Å²) >= 11 is 7.35. The molecule has 3 aromatic carbocycles. The van der Waals surface area contributed by atoms with E-state index in [4.69, 9.17) is 16.6 Å². The van der Waals surface area contributed by atoms with Crippen LogP contribution in [-0.2, 0) is 21.2 Å². The topological polar surface area (TPSA) is 67.3 Å². The van der Waals surface area contributed by atoms with E-state index in [1.165, 1.54) is 23.5 Å². The molecule has 0 fully saturated rings. The van der Waals surface area contributed by atoms with Crippen LogP contribution in [0.4, 0.5) is 5.13 Å². The Kier molecular flexibility index (Phi) is 7.36. The third kappa shape index (κ3) is 5.66. The molecule has 4 aromatic rings. The lowest BCUT2D eigenvalue weighted by molar-refractivity contribution is -0.118. The first-order chi connectivity index (χ1) is 16.2. The largest absolute Gasteiger partial charge is 0.284 e. The number of halogens is 1. The quantitative estimate of drug-likeness (QED) is 0.276. The molecule has 176 valence electrons. The highest BCUT2D eigenvalue weighted by atomic mass is 35.5. The monoisotopic (exact) mass is 512 g/mol. The summed E-state index contributed by atoms with van der Waals surface area (Å²) in [6.45, 7) is 4.45. The maximum absolute atomic E-state index is 13.3. The van der Waals surface area contributed by atoms with Crippen LogP contribution in [0.25, 0.3) is 10.2 Å². The number of carbonyl (C=O) groups is 1. The van der Waals surface area contributed by atoms with Crippen LogP contribution < -0.4 is 4.90 Å². The van der Waals surface area contributed by atoms with Gasteiger partial charge in [-0.15, -0.1) is 0 Å². The molecule has 1 amide bonds. The van der Waals surface area contributed by atoms with Gasteiger partial charge >= 0.3 is 0 Å². The van der Waals surface area contributed by atoms with E-state index < -0.39 is 9.84 Å². The van der Waals surface area contributed by atoms with Crippen LogP contribution >= 0.6 is 22.9 Å². The summed E-state index contributed by atoms with van der Waals surface area (Å²) in [7, 11) is -3.50. The van der Waals surface area contributed by atoms with Crippen LogP contribution in [0, 0.1) is 13.8 Å². The Hall–Kier alpha value is -2.74. The first-order valence-electron chi connectivity index (χ1n) is 10.9. The maximum atomic E-state index is 13.3. The first kappa shape index (κ1) is 24.4. The molecule has 8 heteroatoms. The minimum atomic E-state index is -3.50. The number of amides is 1. The number of aryl methyl sites for hydroxylation is 2. The maximum Gasteiger partial charge on any atom is 0.229 e. The van der Waals surface area contributed by atoms with Crippen molar-refractivity contribution in [1.82, 2.24) is 4.98 Å². The van der Waals surface area contributed by atoms with Gasteiger partial charge in [0.25, 0.3) is 0 Å². The van der Waals surface area contributed by atoms with Crippen LogP contribution in [0.15, 0.2) is 71.6 Å². The minimum absolute atomic E-state index is 0.105. The number of nitrogens with zero attached hydrogens (tertiary/aromatic N) is 2. The van der Waals surface area contributed by atoms with Gasteiger partial charge in [-0.1, -0.05) is 59.3 Å². The summed E-state index contributed by atoms with van der Waals surface area (Å²) < 4.78 is 26.4. The molecule has 0 aliphatic carbocycles. The fourth-order valence-electron chi connectivity index (χ4n) is 3.82. The van der Waals surface area contributed by atoms with Gasteiger partial charge in [0.15, 0.2) is 15.0 Å². The molecule has 0 aliphatic rings. The van der Waals surface area contributed by atoms with Crippen molar-refractivity contribution < 1.29 is 13.2 Å². The fourth-order valence-corrected chi connectivity index (χ4v) is 6.29. The van der Waals surface area contributed by atoms with Crippen LogP contribution in [-0.4, -0.2) is 25.1 Å². The Morgan fingerprint density at radius 2 is 1.74 bits per heavy atom. The minimum Gasteiger partial charge on any atom is -0.284 e. The highest BCUT2D eigenvalue weighted by Gasteiger charge is 2.22. The van der Waals surface area contributed by atoms with Crippen LogP contribution in [0.3, 0.4) is 0 Å². The van der Waals surface area contributed by atoms with Crippen LogP contribution in [0.5, 0.6) is 0 Å². The summed E-state index contributed by atoms with van der Waals surface area (Å²) in [4.78, 5) is 20.0. The number of fused-ring (bicyclic) bond motifs is 1. The number of hydrogen-bond donors (Lipinski definition) is 0. The van der Waals surface area contributed by atoms with E-state index in [1.54, 1.807) is 17.0 Å². The molecular weight excluding hydrogens is 488 g/mol. The molecule has 0 saturated carbocycles. The SMILES string of the molecule is Cc1cc(C)c2sc(N(Cc3ccccc3)C(=O)CCCS(=O)(=O)c3ccc(Cl)cc3)nc2c1. The fraction of sp³-hybridized carbons (Fsp3) is 0.231. The highest BCUT2D eigenvalue weighted by Crippen LogP contribution is 2.33. The normalized spacial score (nSPS) is 11.6. The average molecular weight is 513 g/mol. The third-order valence-corrected chi connectivity index (χ3v) is 8.80. The Bertz CT molecular complexity index is 1420. The second kappa shape index (κ2) is 10.3. The number of anilines is 1. The summed E-state index contributed by atoms with van der Waals surface area (Å²) in [5, 5.41) is 1.10. The molecule has 0 radical (unpaired) electrons. The molecule has 1 heterocycles. The Morgan fingerprint density at radius 1 is 1.03 bits per heavy atom. The van der Waals surface area contributed by atoms with E-state index in [9.17, 15) is 13.2 Å². The number of sulfone groups is 1. The number of carbonyl (C=O) groups excluding carboxylic acids is 1. The zero-order chi connectivity index (χ0) is 24.3. The van der Waals surface area contributed by atoms with Gasteiger partial charge in [0.2, 0.25) is 5.91 Å². The Balaban J connectivity index is 1.55. The summed E-state index contributed by atoms with van der Waals surface area (Å²) in [6.07, 6.45) is 0.325. The number of hydrogen-bond acceptors (Lipinski definition) is 5. The molecule has 4 rings (SSSR count). The molecule has 0 N–H and O–H groups in total. The second-order valence-electron chi connectivity index (χ2n) is 8.27. The van der Waals surface area contributed by atoms with Crippen molar-refractivity contribution in [3.63, 3.8) is 0 Å². The Morgan fingerprint density at radius 3 is 2.44 bits per heavy atom. The third-order valence-electron chi connectivity index (χ3n) is 5.50. The summed E-state index contributed by atoms with van der Waals surface area (Å²) in [6, 6.07) is 19.9. The zero-order valence-corrected chi connectivity index (χ0v) is 21.4. The van der Waals surface area contributed by atoms with Crippen LogP contribution in [0.2, 0.25) is 5.02 Å². The first-order valence-corrected chi connectivity index (χ1v) is 13.8. The standard InChI is InChI=1S/C26H25ClN2O3S2/c1-18-15-19(2)25-23(16-18)28-26(33-25)29(17-20-7-4-3-5-8-20)24(30)9-6-14-34(31,32)22-12-10-21(27)11-13-22/h3-5,7-8,10-13,15-16H,6,9,14,17H2,1-2H3. The molecule has 5 nitrogen and oxygen atoms in total. The molecule has 0 atom stereocenters. The van der Waals surface area contributed by atoms with Gasteiger partial charge in [-0.2, -0.15) is 0 Å². The van der Waals surface area contributed by atoms with E-state index in [0.29, 0.717) is 16.7 Å². The summed E-state index contributed by atoms with van der Waals surface area (Å²) in [5.41, 5.74) is 4.10. The van der Waals surface area contributed by atoms with Crippen LogP contribution in [0.1, 0.15) is 29.5 Å².